The van der Waals surface area contributed by atoms with Gasteiger partial charge in [-0.25, -0.2) is 0 Å². The summed E-state index contributed by atoms with van der Waals surface area (Å²) in [5.41, 5.74) is 0. The van der Waals surface area contributed by atoms with Gasteiger partial charge in [0, 0.05) is 0 Å². The molecule has 0 radical (unpaired) electrons. The fourth-order valence-electron chi connectivity index (χ4n) is 0. The molecule has 0 aliphatic heterocycles. The van der Waals surface area contributed by atoms with Gasteiger partial charge in [0.1, 0.15) is 0 Å². The Morgan fingerprint density at radius 2 is 0.750 bits per heavy atom. The Bertz CT molecular complexity index is 6.00. The molecular weight excluding hydrogens is 119 g/mol. The van der Waals surface area contributed by atoms with Crippen molar-refractivity contribution in [2.75, 3.05) is 0 Å². The van der Waals surface area contributed by atoms with E-state index in [0.717, 1.165) is 0 Å². The van der Waals surface area contributed by atoms with E-state index in [1.165, 1.54) is 0 Å². The van der Waals surface area contributed by atoms with Gasteiger partial charge in [0.15, 0.2) is 0 Å². The van der Waals surface area contributed by atoms with E-state index in [1.54, 1.807) is 0 Å². The summed E-state index contributed by atoms with van der Waals surface area (Å²) >= 11 is 0. The minimum Gasteiger partial charge on any atom is -2.00 e. The van der Waals surface area contributed by atoms with Crippen LogP contribution in [0.4, 0.5) is 0 Å². The fraction of sp³-hybridized carbons (Fsp3) is 0. The predicted octanol–water partition coefficient (Wildman–Crippen LogP) is -6.11. The number of halogens is 2. The zero-order valence-corrected chi connectivity index (χ0v) is 4.84. The Morgan fingerprint density at radius 1 is 0.750 bits per heavy atom. The largest absolute Gasteiger partial charge is 2.00 e. The average Bonchev–Trinajstić information content (AvgIpc) is 0. The maximum absolute atomic E-state index is 0. The van der Waals surface area contributed by atoms with Crippen molar-refractivity contribution < 1.29 is 34.4 Å². The quantitative estimate of drug-likeness (QED) is 0.284. The van der Waals surface area contributed by atoms with Crippen LogP contribution in [0.25, 0.3) is 0 Å². The molecule has 0 unspecified atom stereocenters. The van der Waals surface area contributed by atoms with Crippen molar-refractivity contribution >= 4 is 0 Å². The third-order valence-corrected chi connectivity index (χ3v) is 0. The monoisotopic (exact) mass is 118 g/mol. The Kier molecular flexibility index (Phi) is 7010. The summed E-state index contributed by atoms with van der Waals surface area (Å²) in [4.78, 5) is 0. The summed E-state index contributed by atoms with van der Waals surface area (Å²) in [5, 5.41) is 0. The molecule has 0 N–H and O–H groups in total. The van der Waals surface area contributed by atoms with Gasteiger partial charge in [0.2, 0.25) is 0 Å². The van der Waals surface area contributed by atoms with Crippen molar-refractivity contribution in [2.45, 2.75) is 0 Å². The molecule has 0 aromatic rings. The van der Waals surface area contributed by atoms with E-state index in [2.05, 4.69) is 0 Å². The van der Waals surface area contributed by atoms with E-state index in [4.69, 9.17) is 0 Å². The third kappa shape index (κ3) is 25.9. The van der Waals surface area contributed by atoms with Crippen molar-refractivity contribution in [3.8, 4) is 0 Å². The Balaban J connectivity index is 0. The van der Waals surface area contributed by atoms with Crippen LogP contribution in [0.3, 0.4) is 0 Å². The summed E-state index contributed by atoms with van der Waals surface area (Å²) in [7, 11) is 0. The number of rotatable bonds is 0. The molecule has 0 heterocycles. The van der Waals surface area contributed by atoms with Gasteiger partial charge in [-0.3, -0.25) is 0 Å². The van der Waals surface area contributed by atoms with Crippen LogP contribution in [0.5, 0.6) is 0 Å². The second-order valence-corrected chi connectivity index (χ2v) is 0. The van der Waals surface area contributed by atoms with Crippen LogP contribution in [0.2, 0.25) is 0 Å². The third-order valence-electron chi connectivity index (χ3n) is 0. The Morgan fingerprint density at radius 3 is 0.750 bits per heavy atom. The van der Waals surface area contributed by atoms with Gasteiger partial charge in [-0.2, -0.15) is 0 Å². The van der Waals surface area contributed by atoms with Gasteiger partial charge in [0.25, 0.3) is 0 Å². The summed E-state index contributed by atoms with van der Waals surface area (Å²) < 4.78 is 0. The summed E-state index contributed by atoms with van der Waals surface area (Å²) in [6.07, 6.45) is 0. The molecule has 0 aromatic heterocycles. The summed E-state index contributed by atoms with van der Waals surface area (Å²) in [6.45, 7) is 0. The molecule has 0 bridgehead atoms. The maximum Gasteiger partial charge on any atom is 2.00 e. The molecule has 0 rings (SSSR count). The normalized spacial score (nSPS) is 0. The molecule has 0 aliphatic carbocycles. The molecule has 0 amide bonds. The summed E-state index contributed by atoms with van der Waals surface area (Å²) in [5.74, 6) is 0. The van der Waals surface area contributed by atoms with E-state index >= 15 is 0 Å². The van der Waals surface area contributed by atoms with Crippen molar-refractivity contribution in [2.24, 2.45) is 0 Å². The zero-order valence-electron chi connectivity index (χ0n) is 1.87. The summed E-state index contributed by atoms with van der Waals surface area (Å²) in [6, 6.07) is 0. The van der Waals surface area contributed by atoms with Gasteiger partial charge < -0.3 is 14.9 Å². The minimum absolute atomic E-state index is 0. The fourth-order valence-corrected chi connectivity index (χ4v) is 0. The molecule has 1 nitrogen and oxygen atoms in total. The number of hydrogen-bond acceptors (Lipinski definition) is 0. The molecule has 0 atom stereocenters. The van der Waals surface area contributed by atoms with E-state index in [9.17, 15) is 0 Å². The SMILES string of the molecule is [F-].[F-].[O-2].[Zn+2]. The van der Waals surface area contributed by atoms with Crippen LogP contribution < -0.4 is 9.41 Å². The Labute approximate surface area is 35.2 Å². The van der Waals surface area contributed by atoms with E-state index < -0.39 is 0 Å². The van der Waals surface area contributed by atoms with E-state index in [1.807, 2.05) is 0 Å². The molecule has 0 aliphatic rings. The molecule has 0 spiro atoms. The first kappa shape index (κ1) is 268. The van der Waals surface area contributed by atoms with Crippen LogP contribution in [-0.2, 0) is 25.0 Å². The van der Waals surface area contributed by atoms with Gasteiger partial charge in [0.05, 0.1) is 0 Å². The number of hydrogen-bond donors (Lipinski definition) is 0. The standard InChI is InChI=1S/2FH.O.Zn/h2*1H;;/q;;-2;+2/p-2. The first-order valence-corrected chi connectivity index (χ1v) is 0. The van der Waals surface area contributed by atoms with Gasteiger partial charge in [-0.15, -0.1) is 0 Å². The van der Waals surface area contributed by atoms with E-state index in [-0.39, 0.29) is 34.4 Å². The van der Waals surface area contributed by atoms with Crippen LogP contribution in [0.1, 0.15) is 0 Å². The van der Waals surface area contributed by atoms with Crippen molar-refractivity contribution in [1.82, 2.24) is 0 Å². The van der Waals surface area contributed by atoms with Crippen LogP contribution in [0.15, 0.2) is 0 Å². The first-order valence-electron chi connectivity index (χ1n) is 0. The van der Waals surface area contributed by atoms with Crippen molar-refractivity contribution in [3.05, 3.63) is 0 Å². The van der Waals surface area contributed by atoms with Crippen LogP contribution >= 0.6 is 0 Å². The van der Waals surface area contributed by atoms with Crippen LogP contribution in [0, 0.1) is 0 Å². The Hall–Kier alpha value is 0.443. The van der Waals surface area contributed by atoms with Gasteiger partial charge in [-0.1, -0.05) is 0 Å². The average molecular weight is 119 g/mol. The molecule has 4 heteroatoms. The predicted molar refractivity (Wildman–Crippen MR) is 0.686 cm³/mol. The van der Waals surface area contributed by atoms with Crippen molar-refractivity contribution in [1.29, 1.82) is 0 Å². The maximum atomic E-state index is 0. The van der Waals surface area contributed by atoms with Crippen LogP contribution in [-0.4, -0.2) is 0 Å². The molecule has 0 saturated carbocycles. The second-order valence-electron chi connectivity index (χ2n) is 0. The van der Waals surface area contributed by atoms with E-state index in [0.29, 0.717) is 0 Å². The molecule has 4 heavy (non-hydrogen) atoms. The minimum atomic E-state index is 0. The topological polar surface area (TPSA) is 28.5 Å². The molecule has 24 valence electrons. The molecule has 0 aromatic carbocycles. The zero-order chi connectivity index (χ0) is 0. The smallest absolute Gasteiger partial charge is 2.00 e. The molecular formula is F2OZn-2. The first-order chi connectivity index (χ1) is 0. The second kappa shape index (κ2) is 105. The molecule has 0 fully saturated rings. The molecule has 0 saturated heterocycles. The van der Waals surface area contributed by atoms with Crippen molar-refractivity contribution in [3.63, 3.8) is 0 Å². The van der Waals surface area contributed by atoms with Gasteiger partial charge in [-0.05, 0) is 0 Å². The van der Waals surface area contributed by atoms with Gasteiger partial charge >= 0.3 is 19.5 Å².